The fourth-order valence-electron chi connectivity index (χ4n) is 2.66. The number of aromatic nitrogens is 2. The lowest BCUT2D eigenvalue weighted by Crippen LogP contribution is -2.34. The molecular weight excluding hydrogens is 408 g/mol. The zero-order chi connectivity index (χ0) is 20.0. The van der Waals surface area contributed by atoms with Gasteiger partial charge in [-0.25, -0.2) is 9.97 Å². The molecule has 1 aromatic heterocycles. The van der Waals surface area contributed by atoms with Crippen LogP contribution in [0.1, 0.15) is 38.1 Å². The zero-order valence-corrected chi connectivity index (χ0v) is 17.7. The second kappa shape index (κ2) is 9.55. The Morgan fingerprint density at radius 2 is 1.70 bits per heavy atom. The van der Waals surface area contributed by atoms with Gasteiger partial charge >= 0.3 is 0 Å². The lowest BCUT2D eigenvalue weighted by atomic mass is 10.1. The van der Waals surface area contributed by atoms with Crippen molar-refractivity contribution in [3.8, 4) is 0 Å². The van der Waals surface area contributed by atoms with Gasteiger partial charge in [-0.15, -0.1) is 0 Å². The van der Waals surface area contributed by atoms with E-state index in [9.17, 15) is 4.79 Å². The highest BCUT2D eigenvalue weighted by molar-refractivity contribution is 9.10. The smallest absolute Gasteiger partial charge is 0.269 e. The standard InChI is InChI=1S/C19H27BrN6O/c1-12(2)9-26(10-13(3)4)18-16(21)17(22-11-23-18)24-25-19(27)14-5-7-15(20)8-6-14/h5-8,11-13H,9-10,21H2,1-4H3,(H,25,27)(H,22,23,24). The molecule has 1 heterocycles. The average molecular weight is 435 g/mol. The Morgan fingerprint density at radius 3 is 2.26 bits per heavy atom. The van der Waals surface area contributed by atoms with Crippen molar-refractivity contribution >= 4 is 39.2 Å². The number of carbonyl (C=O) groups is 1. The van der Waals surface area contributed by atoms with E-state index in [0.717, 1.165) is 17.6 Å². The second-order valence-corrected chi connectivity index (χ2v) is 8.15. The Morgan fingerprint density at radius 1 is 1.11 bits per heavy atom. The molecule has 0 bridgehead atoms. The molecule has 0 aliphatic carbocycles. The Kier molecular flexibility index (Phi) is 7.41. The van der Waals surface area contributed by atoms with Crippen LogP contribution in [-0.4, -0.2) is 29.0 Å². The minimum Gasteiger partial charge on any atom is -0.393 e. The Hall–Kier alpha value is -2.35. The Bertz CT molecular complexity index is 753. The molecule has 7 nitrogen and oxygen atoms in total. The number of amides is 1. The number of nitrogen functional groups attached to an aromatic ring is 1. The van der Waals surface area contributed by atoms with Crippen molar-refractivity contribution in [3.05, 3.63) is 40.6 Å². The molecule has 1 amide bonds. The van der Waals surface area contributed by atoms with Crippen LogP contribution >= 0.6 is 15.9 Å². The van der Waals surface area contributed by atoms with Gasteiger partial charge in [0.05, 0.1) is 0 Å². The summed E-state index contributed by atoms with van der Waals surface area (Å²) in [6.45, 7) is 10.3. The van der Waals surface area contributed by atoms with Crippen molar-refractivity contribution in [2.24, 2.45) is 11.8 Å². The molecular formula is C19H27BrN6O. The minimum atomic E-state index is -0.275. The lowest BCUT2D eigenvalue weighted by molar-refractivity contribution is 0.0962. The number of carbonyl (C=O) groups excluding carboxylic acids is 1. The first kappa shape index (κ1) is 21.0. The predicted octanol–water partition coefficient (Wildman–Crippen LogP) is 3.70. The highest BCUT2D eigenvalue weighted by atomic mass is 79.9. The molecule has 27 heavy (non-hydrogen) atoms. The zero-order valence-electron chi connectivity index (χ0n) is 16.2. The number of hydrazine groups is 1. The van der Waals surface area contributed by atoms with Gasteiger partial charge in [0.25, 0.3) is 5.91 Å². The first-order valence-electron chi connectivity index (χ1n) is 8.95. The second-order valence-electron chi connectivity index (χ2n) is 7.24. The van der Waals surface area contributed by atoms with E-state index < -0.39 is 0 Å². The van der Waals surface area contributed by atoms with Crippen LogP contribution < -0.4 is 21.5 Å². The van der Waals surface area contributed by atoms with Crippen LogP contribution in [0.4, 0.5) is 17.3 Å². The highest BCUT2D eigenvalue weighted by Gasteiger charge is 2.18. The molecule has 0 aliphatic heterocycles. The van der Waals surface area contributed by atoms with E-state index in [4.69, 9.17) is 5.73 Å². The predicted molar refractivity (Wildman–Crippen MR) is 114 cm³/mol. The maximum atomic E-state index is 12.3. The summed E-state index contributed by atoms with van der Waals surface area (Å²) < 4.78 is 0.909. The molecule has 0 spiro atoms. The van der Waals surface area contributed by atoms with Crippen molar-refractivity contribution in [1.29, 1.82) is 0 Å². The molecule has 0 atom stereocenters. The van der Waals surface area contributed by atoms with Gasteiger partial charge in [-0.3, -0.25) is 15.6 Å². The number of benzene rings is 1. The first-order valence-corrected chi connectivity index (χ1v) is 9.74. The molecule has 0 saturated carbocycles. The maximum absolute atomic E-state index is 12.3. The number of anilines is 3. The van der Waals surface area contributed by atoms with Crippen LogP contribution in [0.3, 0.4) is 0 Å². The number of rotatable bonds is 8. The van der Waals surface area contributed by atoms with Crippen molar-refractivity contribution in [1.82, 2.24) is 15.4 Å². The number of hydrogen-bond donors (Lipinski definition) is 3. The summed E-state index contributed by atoms with van der Waals surface area (Å²) in [6.07, 6.45) is 1.45. The topological polar surface area (TPSA) is 96.2 Å². The number of nitrogens with two attached hydrogens (primary N) is 1. The summed E-state index contributed by atoms with van der Waals surface area (Å²) in [6, 6.07) is 7.06. The molecule has 0 fully saturated rings. The van der Waals surface area contributed by atoms with Crippen molar-refractivity contribution in [2.75, 3.05) is 29.1 Å². The third-order valence-corrected chi connectivity index (χ3v) is 4.26. The van der Waals surface area contributed by atoms with Crippen LogP contribution in [0.2, 0.25) is 0 Å². The van der Waals surface area contributed by atoms with Gasteiger partial charge in [-0.05, 0) is 36.1 Å². The minimum absolute atomic E-state index is 0.275. The van der Waals surface area contributed by atoms with Crippen LogP contribution in [0, 0.1) is 11.8 Å². The lowest BCUT2D eigenvalue weighted by Gasteiger charge is -2.28. The van der Waals surface area contributed by atoms with Gasteiger partial charge in [-0.1, -0.05) is 43.6 Å². The van der Waals surface area contributed by atoms with Gasteiger partial charge in [0, 0.05) is 23.1 Å². The third kappa shape index (κ3) is 6.09. The normalized spacial score (nSPS) is 10.9. The van der Waals surface area contributed by atoms with E-state index in [1.54, 1.807) is 12.1 Å². The van der Waals surface area contributed by atoms with Crippen LogP contribution in [0.15, 0.2) is 35.1 Å². The van der Waals surface area contributed by atoms with E-state index in [1.807, 2.05) is 12.1 Å². The fraction of sp³-hybridized carbons (Fsp3) is 0.421. The van der Waals surface area contributed by atoms with Gasteiger partial charge in [0.1, 0.15) is 12.0 Å². The summed E-state index contributed by atoms with van der Waals surface area (Å²) in [5.74, 6) is 1.71. The first-order chi connectivity index (χ1) is 12.8. The summed E-state index contributed by atoms with van der Waals surface area (Å²) in [5, 5.41) is 0. The molecule has 0 radical (unpaired) electrons. The summed E-state index contributed by atoms with van der Waals surface area (Å²) in [7, 11) is 0. The van der Waals surface area contributed by atoms with E-state index >= 15 is 0 Å². The fourth-order valence-corrected chi connectivity index (χ4v) is 2.92. The molecule has 0 saturated heterocycles. The number of nitrogens with zero attached hydrogens (tertiary/aromatic N) is 3. The van der Waals surface area contributed by atoms with Crippen LogP contribution in [-0.2, 0) is 0 Å². The highest BCUT2D eigenvalue weighted by Crippen LogP contribution is 2.27. The maximum Gasteiger partial charge on any atom is 0.269 e. The number of nitrogens with one attached hydrogen (secondary N) is 2. The number of halogens is 1. The average Bonchev–Trinajstić information content (AvgIpc) is 2.60. The van der Waals surface area contributed by atoms with E-state index in [1.165, 1.54) is 6.33 Å². The van der Waals surface area contributed by atoms with Gasteiger partial charge in [0.2, 0.25) is 0 Å². The molecule has 4 N–H and O–H groups in total. The third-order valence-electron chi connectivity index (χ3n) is 3.73. The SMILES string of the molecule is CC(C)CN(CC(C)C)c1ncnc(NNC(=O)c2ccc(Br)cc2)c1N. The van der Waals surface area contributed by atoms with E-state index in [-0.39, 0.29) is 5.91 Å². The summed E-state index contributed by atoms with van der Waals surface area (Å²) >= 11 is 3.35. The Balaban J connectivity index is 2.14. The number of hydrogen-bond acceptors (Lipinski definition) is 6. The molecule has 0 aliphatic rings. The van der Waals surface area contributed by atoms with Crippen molar-refractivity contribution in [2.45, 2.75) is 27.7 Å². The van der Waals surface area contributed by atoms with Crippen molar-refractivity contribution in [3.63, 3.8) is 0 Å². The largest absolute Gasteiger partial charge is 0.393 e. The summed E-state index contributed by atoms with van der Waals surface area (Å²) in [4.78, 5) is 23.0. The van der Waals surface area contributed by atoms with E-state index in [0.29, 0.717) is 34.7 Å². The van der Waals surface area contributed by atoms with E-state index in [2.05, 4.69) is 69.3 Å². The van der Waals surface area contributed by atoms with Crippen molar-refractivity contribution < 1.29 is 4.79 Å². The molecule has 0 unspecified atom stereocenters. The summed E-state index contributed by atoms with van der Waals surface area (Å²) in [5.41, 5.74) is 12.7. The molecule has 146 valence electrons. The van der Waals surface area contributed by atoms with Gasteiger partial charge in [-0.2, -0.15) is 0 Å². The monoisotopic (exact) mass is 434 g/mol. The van der Waals surface area contributed by atoms with Crippen LogP contribution in [0.25, 0.3) is 0 Å². The van der Waals surface area contributed by atoms with Gasteiger partial charge < -0.3 is 10.6 Å². The molecule has 2 aromatic rings. The Labute approximate surface area is 168 Å². The molecule has 1 aromatic carbocycles. The molecule has 2 rings (SSSR count). The van der Waals surface area contributed by atoms with Gasteiger partial charge in [0.15, 0.2) is 11.6 Å². The quantitative estimate of drug-likeness (QED) is 0.548. The van der Waals surface area contributed by atoms with Crippen LogP contribution in [0.5, 0.6) is 0 Å². The molecule has 8 heteroatoms.